The Labute approximate surface area is 189 Å². The van der Waals surface area contributed by atoms with Crippen LogP contribution in [0.15, 0.2) is 43.0 Å². The number of phosphoric acid groups is 1. The zero-order valence-electron chi connectivity index (χ0n) is 17.9. The standard InChI is InChI=1S/C21H23N4O7P/c1-21(2)31-17-15(10-29-33(26,27)28)30-20(18(17)32-21)25-12-24-16-14(22-11-23-19(16)25)9-8-13-6-4-3-5-7-13/h3-9,11-12,15,17-18,20H,10H2,1-2H3,(H2,26,27,28)/t15-,17-,18-,20-/m1/s1. The molecular formula is C21H23N4O7P. The molecule has 33 heavy (non-hydrogen) atoms. The van der Waals surface area contributed by atoms with Crippen LogP contribution in [-0.2, 0) is 23.3 Å². The molecule has 4 atom stereocenters. The molecule has 0 aliphatic carbocycles. The van der Waals surface area contributed by atoms with Crippen LogP contribution < -0.4 is 0 Å². The van der Waals surface area contributed by atoms with E-state index in [0.717, 1.165) is 5.56 Å². The van der Waals surface area contributed by atoms with E-state index in [1.54, 1.807) is 24.7 Å². The number of hydrogen-bond donors (Lipinski definition) is 2. The van der Waals surface area contributed by atoms with Crippen LogP contribution in [-0.4, -0.2) is 60.0 Å². The van der Waals surface area contributed by atoms with Gasteiger partial charge >= 0.3 is 7.82 Å². The second kappa shape index (κ2) is 8.37. The van der Waals surface area contributed by atoms with Gasteiger partial charge in [0.15, 0.2) is 17.7 Å². The Kier molecular flexibility index (Phi) is 5.66. The average molecular weight is 474 g/mol. The monoisotopic (exact) mass is 474 g/mol. The summed E-state index contributed by atoms with van der Waals surface area (Å²) in [4.78, 5) is 31.4. The molecule has 0 spiro atoms. The van der Waals surface area contributed by atoms with E-state index in [4.69, 9.17) is 24.0 Å². The average Bonchev–Trinajstić information content (AvgIpc) is 3.42. The first-order valence-electron chi connectivity index (χ1n) is 10.3. The second-order valence-corrected chi connectivity index (χ2v) is 9.48. The molecule has 0 unspecified atom stereocenters. The van der Waals surface area contributed by atoms with Gasteiger partial charge in [-0.25, -0.2) is 19.5 Å². The highest BCUT2D eigenvalue weighted by Gasteiger charge is 2.56. The minimum absolute atomic E-state index is 0.353. The van der Waals surface area contributed by atoms with Crippen molar-refractivity contribution in [3.63, 3.8) is 0 Å². The summed E-state index contributed by atoms with van der Waals surface area (Å²) in [6, 6.07) is 9.83. The zero-order valence-corrected chi connectivity index (χ0v) is 18.8. The maximum absolute atomic E-state index is 11.2. The first kappa shape index (κ1) is 22.3. The molecule has 174 valence electrons. The maximum atomic E-state index is 11.2. The van der Waals surface area contributed by atoms with Gasteiger partial charge in [0.2, 0.25) is 0 Å². The lowest BCUT2D eigenvalue weighted by Gasteiger charge is -2.24. The van der Waals surface area contributed by atoms with Gasteiger partial charge in [-0.3, -0.25) is 9.09 Å². The highest BCUT2D eigenvalue weighted by Crippen LogP contribution is 2.45. The first-order chi connectivity index (χ1) is 15.7. The van der Waals surface area contributed by atoms with Crippen LogP contribution in [0.5, 0.6) is 0 Å². The van der Waals surface area contributed by atoms with E-state index in [1.807, 2.05) is 42.5 Å². The van der Waals surface area contributed by atoms with Crippen LogP contribution in [0, 0.1) is 0 Å². The minimum Gasteiger partial charge on any atom is -0.347 e. The molecule has 2 N–H and O–H groups in total. The third-order valence-electron chi connectivity index (χ3n) is 5.43. The summed E-state index contributed by atoms with van der Waals surface area (Å²) in [6.07, 6.45) is 4.25. The van der Waals surface area contributed by atoms with Crippen LogP contribution in [0.25, 0.3) is 23.3 Å². The number of hydrogen-bond acceptors (Lipinski definition) is 8. The van der Waals surface area contributed by atoms with Gasteiger partial charge in [0.1, 0.15) is 30.2 Å². The Morgan fingerprint density at radius 1 is 1.12 bits per heavy atom. The summed E-state index contributed by atoms with van der Waals surface area (Å²) in [5.74, 6) is -0.896. The summed E-state index contributed by atoms with van der Waals surface area (Å²) in [5.41, 5.74) is 2.78. The van der Waals surface area contributed by atoms with Crippen LogP contribution in [0.1, 0.15) is 31.3 Å². The third kappa shape index (κ3) is 4.62. The van der Waals surface area contributed by atoms with Gasteiger partial charge in [-0.2, -0.15) is 0 Å². The topological polar surface area (TPSA) is 138 Å². The lowest BCUT2D eigenvalue weighted by molar-refractivity contribution is -0.199. The Balaban J connectivity index is 1.46. The molecule has 2 fully saturated rings. The van der Waals surface area contributed by atoms with Crippen LogP contribution in [0.3, 0.4) is 0 Å². The van der Waals surface area contributed by atoms with Gasteiger partial charge in [0, 0.05) is 0 Å². The quantitative estimate of drug-likeness (QED) is 0.513. The fourth-order valence-electron chi connectivity index (χ4n) is 4.11. The molecule has 12 heteroatoms. The van der Waals surface area contributed by atoms with Gasteiger partial charge in [0.05, 0.1) is 18.6 Å². The van der Waals surface area contributed by atoms with Gasteiger partial charge in [-0.1, -0.05) is 36.4 Å². The normalized spacial score (nSPS) is 26.9. The molecule has 3 aromatic rings. The van der Waals surface area contributed by atoms with Crippen molar-refractivity contribution in [3.8, 4) is 0 Å². The van der Waals surface area contributed by atoms with E-state index in [1.165, 1.54) is 6.33 Å². The van der Waals surface area contributed by atoms with Crippen molar-refractivity contribution in [3.05, 3.63) is 54.2 Å². The number of imidazole rings is 1. The van der Waals surface area contributed by atoms with E-state index < -0.39 is 38.1 Å². The summed E-state index contributed by atoms with van der Waals surface area (Å²) in [7, 11) is -4.67. The number of rotatable bonds is 6. The van der Waals surface area contributed by atoms with Crippen molar-refractivity contribution >= 4 is 31.1 Å². The number of fused-ring (bicyclic) bond motifs is 2. The van der Waals surface area contributed by atoms with Crippen molar-refractivity contribution in [1.29, 1.82) is 0 Å². The maximum Gasteiger partial charge on any atom is 0.469 e. The van der Waals surface area contributed by atoms with Gasteiger partial charge in [-0.15, -0.1) is 0 Å². The fraction of sp³-hybridized carbons (Fsp3) is 0.381. The van der Waals surface area contributed by atoms with Crippen LogP contribution in [0.4, 0.5) is 0 Å². The molecule has 0 radical (unpaired) electrons. The predicted molar refractivity (Wildman–Crippen MR) is 116 cm³/mol. The zero-order chi connectivity index (χ0) is 23.2. The van der Waals surface area contributed by atoms with E-state index in [-0.39, 0.29) is 6.61 Å². The lowest BCUT2D eigenvalue weighted by atomic mass is 10.1. The molecule has 0 saturated carbocycles. The molecule has 4 heterocycles. The fourth-order valence-corrected chi connectivity index (χ4v) is 4.45. The van der Waals surface area contributed by atoms with Gasteiger partial charge < -0.3 is 24.0 Å². The lowest BCUT2D eigenvalue weighted by Crippen LogP contribution is -2.32. The molecule has 11 nitrogen and oxygen atoms in total. The molecule has 2 saturated heterocycles. The molecule has 5 rings (SSSR count). The number of benzene rings is 1. The van der Waals surface area contributed by atoms with E-state index in [0.29, 0.717) is 16.9 Å². The van der Waals surface area contributed by atoms with E-state index in [9.17, 15) is 4.57 Å². The largest absolute Gasteiger partial charge is 0.469 e. The molecular weight excluding hydrogens is 451 g/mol. The highest BCUT2D eigenvalue weighted by atomic mass is 31.2. The smallest absolute Gasteiger partial charge is 0.347 e. The Bertz CT molecular complexity index is 1230. The summed E-state index contributed by atoms with van der Waals surface area (Å²) in [6.45, 7) is 3.18. The van der Waals surface area contributed by atoms with Crippen molar-refractivity contribution in [2.24, 2.45) is 0 Å². The van der Waals surface area contributed by atoms with Crippen molar-refractivity contribution < 1.29 is 33.1 Å². The highest BCUT2D eigenvalue weighted by molar-refractivity contribution is 7.46. The third-order valence-corrected chi connectivity index (χ3v) is 5.91. The number of aromatic nitrogens is 4. The minimum atomic E-state index is -4.67. The molecule has 0 amide bonds. The molecule has 2 aliphatic rings. The Morgan fingerprint density at radius 3 is 2.64 bits per heavy atom. The van der Waals surface area contributed by atoms with Crippen LogP contribution >= 0.6 is 7.82 Å². The van der Waals surface area contributed by atoms with Crippen molar-refractivity contribution in [2.45, 2.75) is 44.2 Å². The number of nitrogens with zero attached hydrogens (tertiary/aromatic N) is 4. The molecule has 2 aliphatic heterocycles. The SMILES string of the molecule is CC1(C)O[C@@H]2[C@H](O1)[C@@H](COP(=O)(O)O)O[C@H]2n1cnc2c(C=Cc3ccccc3)ncnc21. The Hall–Kier alpha value is -2.50. The molecule has 2 aromatic heterocycles. The van der Waals surface area contributed by atoms with Crippen molar-refractivity contribution in [1.82, 2.24) is 19.5 Å². The summed E-state index contributed by atoms with van der Waals surface area (Å²) >= 11 is 0. The molecule has 1 aromatic carbocycles. The first-order valence-corrected chi connectivity index (χ1v) is 11.9. The number of ether oxygens (including phenoxy) is 3. The predicted octanol–water partition coefficient (Wildman–Crippen LogP) is 2.52. The van der Waals surface area contributed by atoms with Gasteiger partial charge in [0.25, 0.3) is 0 Å². The van der Waals surface area contributed by atoms with Crippen molar-refractivity contribution in [2.75, 3.05) is 6.61 Å². The van der Waals surface area contributed by atoms with Gasteiger partial charge in [-0.05, 0) is 25.5 Å². The Morgan fingerprint density at radius 2 is 1.88 bits per heavy atom. The van der Waals surface area contributed by atoms with E-state index >= 15 is 0 Å². The second-order valence-electron chi connectivity index (χ2n) is 8.24. The van der Waals surface area contributed by atoms with Crippen LogP contribution in [0.2, 0.25) is 0 Å². The van der Waals surface area contributed by atoms with E-state index in [2.05, 4.69) is 19.5 Å². The summed E-state index contributed by atoms with van der Waals surface area (Å²) in [5, 5.41) is 0. The number of phosphoric ester groups is 1. The summed E-state index contributed by atoms with van der Waals surface area (Å²) < 4.78 is 35.7. The molecule has 0 bridgehead atoms.